The van der Waals surface area contributed by atoms with E-state index < -0.39 is 0 Å². The number of hydrogen-bond donors (Lipinski definition) is 1. The van der Waals surface area contributed by atoms with Gasteiger partial charge in [0.25, 0.3) is 0 Å². The minimum Gasteiger partial charge on any atom is -0.338 e. The van der Waals surface area contributed by atoms with E-state index in [1.165, 1.54) is 25.7 Å². The summed E-state index contributed by atoms with van der Waals surface area (Å²) in [4.78, 5) is 4.45. The van der Waals surface area contributed by atoms with Gasteiger partial charge in [-0.3, -0.25) is 0 Å². The molecule has 0 aliphatic heterocycles. The van der Waals surface area contributed by atoms with Crippen LogP contribution in [0, 0.1) is 5.92 Å². The minimum atomic E-state index is 0.544. The van der Waals surface area contributed by atoms with Crippen LogP contribution in [0.2, 0.25) is 0 Å². The van der Waals surface area contributed by atoms with Crippen molar-refractivity contribution in [3.05, 3.63) is 11.7 Å². The molecule has 1 N–H and O–H groups in total. The van der Waals surface area contributed by atoms with Crippen LogP contribution in [0.15, 0.2) is 4.52 Å². The number of nitrogens with zero attached hydrogens (tertiary/aromatic N) is 2. The van der Waals surface area contributed by atoms with Gasteiger partial charge in [0.2, 0.25) is 5.89 Å². The van der Waals surface area contributed by atoms with Crippen LogP contribution < -0.4 is 5.32 Å². The van der Waals surface area contributed by atoms with Gasteiger partial charge >= 0.3 is 0 Å². The van der Waals surface area contributed by atoms with Crippen molar-refractivity contribution < 1.29 is 4.52 Å². The first-order chi connectivity index (χ1) is 7.75. The number of hydrogen-bond acceptors (Lipinski definition) is 4. The van der Waals surface area contributed by atoms with Crippen LogP contribution in [0.1, 0.15) is 57.2 Å². The van der Waals surface area contributed by atoms with E-state index in [4.69, 9.17) is 4.52 Å². The zero-order valence-corrected chi connectivity index (χ0v) is 10.2. The topological polar surface area (TPSA) is 51.0 Å². The first kappa shape index (κ1) is 11.6. The molecule has 1 aliphatic carbocycles. The van der Waals surface area contributed by atoms with Gasteiger partial charge in [-0.2, -0.15) is 4.98 Å². The highest BCUT2D eigenvalue weighted by Gasteiger charge is 2.22. The molecule has 1 heterocycles. The molecule has 0 atom stereocenters. The number of aromatic nitrogens is 2. The summed E-state index contributed by atoms with van der Waals surface area (Å²) < 4.78 is 5.24. The lowest BCUT2D eigenvalue weighted by molar-refractivity contribution is 0.356. The van der Waals surface area contributed by atoms with Gasteiger partial charge in [-0.15, -0.1) is 0 Å². The fourth-order valence-electron chi connectivity index (χ4n) is 2.16. The lowest BCUT2D eigenvalue weighted by Gasteiger charge is -2.03. The predicted molar refractivity (Wildman–Crippen MR) is 62.1 cm³/mol. The van der Waals surface area contributed by atoms with Crippen LogP contribution in [0.3, 0.4) is 0 Å². The third-order valence-corrected chi connectivity index (χ3v) is 3.03. The fourth-order valence-corrected chi connectivity index (χ4v) is 2.16. The Labute approximate surface area is 96.8 Å². The van der Waals surface area contributed by atoms with Crippen molar-refractivity contribution >= 4 is 0 Å². The standard InChI is InChI=1S/C12H21N3O/c1-9(2)7-13-8-11-14-12(15-16-11)10-5-3-4-6-10/h9-10,13H,3-8H2,1-2H3. The van der Waals surface area contributed by atoms with Crippen molar-refractivity contribution in [2.75, 3.05) is 6.54 Å². The lowest BCUT2D eigenvalue weighted by Crippen LogP contribution is -2.19. The molecule has 1 saturated carbocycles. The van der Waals surface area contributed by atoms with Gasteiger partial charge in [0.15, 0.2) is 5.82 Å². The van der Waals surface area contributed by atoms with Crippen molar-refractivity contribution in [3.63, 3.8) is 0 Å². The van der Waals surface area contributed by atoms with Crippen molar-refractivity contribution in [2.45, 2.75) is 52.0 Å². The van der Waals surface area contributed by atoms with Crippen LogP contribution in [0.4, 0.5) is 0 Å². The minimum absolute atomic E-state index is 0.544. The van der Waals surface area contributed by atoms with Crippen molar-refractivity contribution in [1.29, 1.82) is 0 Å². The Balaban J connectivity index is 1.82. The number of rotatable bonds is 5. The summed E-state index contributed by atoms with van der Waals surface area (Å²) in [5.74, 6) is 2.83. The van der Waals surface area contributed by atoms with E-state index in [0.717, 1.165) is 18.3 Å². The molecule has 0 bridgehead atoms. The maximum atomic E-state index is 5.24. The van der Waals surface area contributed by atoms with Crippen LogP contribution in [0.25, 0.3) is 0 Å². The largest absolute Gasteiger partial charge is 0.338 e. The molecule has 0 spiro atoms. The SMILES string of the molecule is CC(C)CNCc1nc(C2CCCC2)no1. The Bertz CT molecular complexity index is 316. The molecule has 4 heteroatoms. The number of nitrogens with one attached hydrogen (secondary N) is 1. The fraction of sp³-hybridized carbons (Fsp3) is 0.833. The van der Waals surface area contributed by atoms with Crippen molar-refractivity contribution in [2.24, 2.45) is 5.92 Å². The molecule has 0 amide bonds. The Kier molecular flexibility index (Phi) is 3.93. The third kappa shape index (κ3) is 3.04. The molecular formula is C12H21N3O. The molecule has 0 unspecified atom stereocenters. The summed E-state index contributed by atoms with van der Waals surface area (Å²) in [7, 11) is 0. The van der Waals surface area contributed by atoms with E-state index in [0.29, 0.717) is 18.4 Å². The normalized spacial score (nSPS) is 17.4. The van der Waals surface area contributed by atoms with E-state index in [2.05, 4.69) is 29.3 Å². The highest BCUT2D eigenvalue weighted by Crippen LogP contribution is 2.32. The van der Waals surface area contributed by atoms with E-state index in [1.807, 2.05) is 0 Å². The second kappa shape index (κ2) is 5.43. The Morgan fingerprint density at radius 2 is 2.12 bits per heavy atom. The highest BCUT2D eigenvalue weighted by atomic mass is 16.5. The highest BCUT2D eigenvalue weighted by molar-refractivity contribution is 4.97. The smallest absolute Gasteiger partial charge is 0.240 e. The Morgan fingerprint density at radius 3 is 2.81 bits per heavy atom. The molecule has 1 fully saturated rings. The molecular weight excluding hydrogens is 202 g/mol. The van der Waals surface area contributed by atoms with Gasteiger partial charge in [-0.1, -0.05) is 31.8 Å². The maximum Gasteiger partial charge on any atom is 0.240 e. The maximum absolute atomic E-state index is 5.24. The summed E-state index contributed by atoms with van der Waals surface area (Å²) in [5.41, 5.74) is 0. The molecule has 0 aromatic carbocycles. The molecule has 90 valence electrons. The van der Waals surface area contributed by atoms with Gasteiger partial charge < -0.3 is 9.84 Å². The molecule has 0 saturated heterocycles. The first-order valence-corrected chi connectivity index (χ1v) is 6.29. The Hall–Kier alpha value is -0.900. The second-order valence-electron chi connectivity index (χ2n) is 5.05. The van der Waals surface area contributed by atoms with E-state index >= 15 is 0 Å². The third-order valence-electron chi connectivity index (χ3n) is 3.03. The zero-order chi connectivity index (χ0) is 11.4. The van der Waals surface area contributed by atoms with Gasteiger partial charge in [0.05, 0.1) is 6.54 Å². The predicted octanol–water partition coefficient (Wildman–Crippen LogP) is 2.47. The summed E-state index contributed by atoms with van der Waals surface area (Å²) in [6.45, 7) is 6.05. The average molecular weight is 223 g/mol. The quantitative estimate of drug-likeness (QED) is 0.833. The lowest BCUT2D eigenvalue weighted by atomic mass is 10.1. The van der Waals surface area contributed by atoms with Gasteiger partial charge in [-0.05, 0) is 25.3 Å². The monoisotopic (exact) mass is 223 g/mol. The molecule has 1 aromatic rings. The summed E-state index contributed by atoms with van der Waals surface area (Å²) in [6.07, 6.45) is 5.05. The van der Waals surface area contributed by atoms with Crippen molar-refractivity contribution in [3.8, 4) is 0 Å². The molecule has 0 radical (unpaired) electrons. The van der Waals surface area contributed by atoms with E-state index in [1.54, 1.807) is 0 Å². The summed E-state index contributed by atoms with van der Waals surface area (Å²) in [6, 6.07) is 0. The molecule has 1 aliphatic rings. The molecule has 2 rings (SSSR count). The molecule has 16 heavy (non-hydrogen) atoms. The summed E-state index contributed by atoms with van der Waals surface area (Å²) in [5, 5.41) is 7.38. The van der Waals surface area contributed by atoms with Gasteiger partial charge in [-0.25, -0.2) is 0 Å². The van der Waals surface area contributed by atoms with Gasteiger partial charge in [0, 0.05) is 5.92 Å². The van der Waals surface area contributed by atoms with Crippen molar-refractivity contribution in [1.82, 2.24) is 15.5 Å². The van der Waals surface area contributed by atoms with Crippen LogP contribution >= 0.6 is 0 Å². The molecule has 4 nitrogen and oxygen atoms in total. The zero-order valence-electron chi connectivity index (χ0n) is 10.2. The molecule has 1 aromatic heterocycles. The van der Waals surface area contributed by atoms with E-state index in [9.17, 15) is 0 Å². The Morgan fingerprint density at radius 1 is 1.38 bits per heavy atom. The van der Waals surface area contributed by atoms with Crippen LogP contribution in [-0.2, 0) is 6.54 Å². The first-order valence-electron chi connectivity index (χ1n) is 6.29. The van der Waals surface area contributed by atoms with Crippen LogP contribution in [-0.4, -0.2) is 16.7 Å². The van der Waals surface area contributed by atoms with E-state index in [-0.39, 0.29) is 0 Å². The average Bonchev–Trinajstić information content (AvgIpc) is 2.85. The second-order valence-corrected chi connectivity index (χ2v) is 5.05. The summed E-state index contributed by atoms with van der Waals surface area (Å²) >= 11 is 0. The van der Waals surface area contributed by atoms with Gasteiger partial charge in [0.1, 0.15) is 0 Å². The van der Waals surface area contributed by atoms with Crippen LogP contribution in [0.5, 0.6) is 0 Å².